The van der Waals surface area contributed by atoms with Gasteiger partial charge in [-0.1, -0.05) is 42.5 Å². The van der Waals surface area contributed by atoms with Crippen LogP contribution in [-0.2, 0) is 6.54 Å². The smallest absolute Gasteiger partial charge is 0.405 e. The van der Waals surface area contributed by atoms with Crippen molar-refractivity contribution < 1.29 is 22.7 Å². The lowest BCUT2D eigenvalue weighted by molar-refractivity contribution is -0.274. The van der Waals surface area contributed by atoms with Gasteiger partial charge >= 0.3 is 6.36 Å². The van der Waals surface area contributed by atoms with Crippen molar-refractivity contribution in [3.63, 3.8) is 0 Å². The zero-order valence-corrected chi connectivity index (χ0v) is 12.9. The number of aromatic nitrogens is 1. The van der Waals surface area contributed by atoms with E-state index < -0.39 is 12.3 Å². The summed E-state index contributed by atoms with van der Waals surface area (Å²) >= 11 is 0. The molecule has 0 fully saturated rings. The molecule has 0 aliphatic heterocycles. The molecule has 1 amide bonds. The lowest BCUT2D eigenvalue weighted by atomic mass is 10.1. The number of amides is 1. The van der Waals surface area contributed by atoms with Crippen molar-refractivity contribution in [2.75, 3.05) is 0 Å². The van der Waals surface area contributed by atoms with E-state index in [-0.39, 0.29) is 23.6 Å². The van der Waals surface area contributed by atoms with Crippen LogP contribution in [0.15, 0.2) is 60.8 Å². The topological polar surface area (TPSA) is 51.2 Å². The molecule has 0 saturated heterocycles. The minimum atomic E-state index is -4.79. The maximum Gasteiger partial charge on any atom is 0.573 e. The fourth-order valence-corrected chi connectivity index (χ4v) is 2.43. The lowest BCUT2D eigenvalue weighted by Gasteiger charge is -2.13. The molecule has 128 valence electrons. The third-order valence-corrected chi connectivity index (χ3v) is 3.53. The number of para-hydroxylation sites is 1. The Morgan fingerprint density at radius 3 is 2.56 bits per heavy atom. The fraction of sp³-hybridized carbons (Fsp3) is 0.111. The van der Waals surface area contributed by atoms with Gasteiger partial charge in [-0.2, -0.15) is 0 Å². The number of nitrogens with zero attached hydrogens (tertiary/aromatic N) is 1. The lowest BCUT2D eigenvalue weighted by Crippen LogP contribution is -2.25. The first-order valence-corrected chi connectivity index (χ1v) is 7.39. The summed E-state index contributed by atoms with van der Waals surface area (Å²) in [6.07, 6.45) is -3.28. The summed E-state index contributed by atoms with van der Waals surface area (Å²) in [5, 5.41) is 4.10. The van der Waals surface area contributed by atoms with Gasteiger partial charge in [-0.15, -0.1) is 13.2 Å². The van der Waals surface area contributed by atoms with Gasteiger partial charge in [0.15, 0.2) is 0 Å². The Labute approximate surface area is 141 Å². The number of hydrogen-bond acceptors (Lipinski definition) is 3. The Morgan fingerprint density at radius 1 is 1.04 bits per heavy atom. The van der Waals surface area contributed by atoms with Crippen LogP contribution in [0.5, 0.6) is 5.75 Å². The van der Waals surface area contributed by atoms with Crippen LogP contribution in [0.25, 0.3) is 10.8 Å². The first-order chi connectivity index (χ1) is 11.9. The van der Waals surface area contributed by atoms with Crippen LogP contribution in [0.3, 0.4) is 0 Å². The van der Waals surface area contributed by atoms with E-state index in [0.29, 0.717) is 5.39 Å². The van der Waals surface area contributed by atoms with Crippen LogP contribution >= 0.6 is 0 Å². The normalized spacial score (nSPS) is 11.3. The molecule has 0 aliphatic rings. The number of pyridine rings is 1. The van der Waals surface area contributed by atoms with Crippen LogP contribution in [0.2, 0.25) is 0 Å². The summed E-state index contributed by atoms with van der Waals surface area (Å²) in [6, 6.07) is 14.7. The van der Waals surface area contributed by atoms with Crippen molar-refractivity contribution >= 4 is 16.7 Å². The molecule has 4 nitrogen and oxygen atoms in total. The summed E-state index contributed by atoms with van der Waals surface area (Å²) in [4.78, 5) is 16.5. The Balaban J connectivity index is 1.79. The van der Waals surface area contributed by atoms with E-state index >= 15 is 0 Å². The summed E-state index contributed by atoms with van der Waals surface area (Å²) in [5.74, 6) is -0.820. The summed E-state index contributed by atoms with van der Waals surface area (Å²) in [6.45, 7) is -0.115. The van der Waals surface area contributed by atoms with Crippen LogP contribution < -0.4 is 10.1 Å². The van der Waals surface area contributed by atoms with Crippen LogP contribution in [0.1, 0.15) is 16.1 Å². The first kappa shape index (κ1) is 16.8. The second-order valence-corrected chi connectivity index (χ2v) is 5.22. The molecule has 1 heterocycles. The molecule has 25 heavy (non-hydrogen) atoms. The van der Waals surface area contributed by atoms with Crippen molar-refractivity contribution in [2.24, 2.45) is 0 Å². The van der Waals surface area contributed by atoms with E-state index in [2.05, 4.69) is 15.0 Å². The van der Waals surface area contributed by atoms with Crippen molar-refractivity contribution in [2.45, 2.75) is 12.9 Å². The van der Waals surface area contributed by atoms with Crippen molar-refractivity contribution in [1.29, 1.82) is 0 Å². The highest BCUT2D eigenvalue weighted by Crippen LogP contribution is 2.26. The molecular formula is C18H13F3N2O2. The number of carbonyl (C=O) groups is 1. The molecule has 2 aromatic carbocycles. The number of halogens is 3. The van der Waals surface area contributed by atoms with Gasteiger partial charge in [0.1, 0.15) is 11.4 Å². The molecule has 0 radical (unpaired) electrons. The SMILES string of the molecule is O=C(NCc1ccccc1OC(F)(F)F)c1nccc2ccccc12. The minimum absolute atomic E-state index is 0.115. The third-order valence-electron chi connectivity index (χ3n) is 3.53. The van der Waals surface area contributed by atoms with Gasteiger partial charge in [0.25, 0.3) is 5.91 Å². The number of hydrogen-bond donors (Lipinski definition) is 1. The van der Waals surface area contributed by atoms with E-state index in [1.165, 1.54) is 24.4 Å². The fourth-order valence-electron chi connectivity index (χ4n) is 2.43. The van der Waals surface area contributed by atoms with Gasteiger partial charge in [-0.25, -0.2) is 0 Å². The average molecular weight is 346 g/mol. The molecule has 3 rings (SSSR count). The molecule has 1 aromatic heterocycles. The standard InChI is InChI=1S/C18H13F3N2O2/c19-18(20,21)25-15-8-4-2-6-13(15)11-23-17(24)16-14-7-3-1-5-12(14)9-10-22-16/h1-10H,11H2,(H,23,24). The number of fused-ring (bicyclic) bond motifs is 1. The largest absolute Gasteiger partial charge is 0.573 e. The molecule has 0 bridgehead atoms. The Hall–Kier alpha value is -3.09. The second kappa shape index (κ2) is 6.80. The molecule has 3 aromatic rings. The van der Waals surface area contributed by atoms with Gasteiger partial charge < -0.3 is 10.1 Å². The maximum absolute atomic E-state index is 12.4. The second-order valence-electron chi connectivity index (χ2n) is 5.22. The minimum Gasteiger partial charge on any atom is -0.405 e. The molecule has 0 spiro atoms. The zero-order valence-electron chi connectivity index (χ0n) is 12.9. The number of carbonyl (C=O) groups excluding carboxylic acids is 1. The average Bonchev–Trinajstić information content (AvgIpc) is 2.59. The van der Waals surface area contributed by atoms with Crippen molar-refractivity contribution in [1.82, 2.24) is 10.3 Å². The van der Waals surface area contributed by atoms with Gasteiger partial charge in [-0.05, 0) is 17.5 Å². The Morgan fingerprint density at radius 2 is 1.76 bits per heavy atom. The van der Waals surface area contributed by atoms with E-state index in [4.69, 9.17) is 0 Å². The number of benzene rings is 2. The first-order valence-electron chi connectivity index (χ1n) is 7.39. The molecule has 0 saturated carbocycles. The highest BCUT2D eigenvalue weighted by atomic mass is 19.4. The number of rotatable bonds is 4. The molecular weight excluding hydrogens is 333 g/mol. The van der Waals surface area contributed by atoms with Crippen LogP contribution in [0, 0.1) is 0 Å². The number of alkyl halides is 3. The predicted molar refractivity (Wildman–Crippen MR) is 86.0 cm³/mol. The quantitative estimate of drug-likeness (QED) is 0.775. The van der Waals surface area contributed by atoms with Gasteiger partial charge in [0.05, 0.1) is 0 Å². The highest BCUT2D eigenvalue weighted by Gasteiger charge is 2.32. The summed E-state index contributed by atoms with van der Waals surface area (Å²) in [5.41, 5.74) is 0.431. The number of ether oxygens (including phenoxy) is 1. The zero-order chi connectivity index (χ0) is 17.9. The maximum atomic E-state index is 12.4. The highest BCUT2D eigenvalue weighted by molar-refractivity contribution is 6.05. The Bertz CT molecular complexity index is 905. The monoisotopic (exact) mass is 346 g/mol. The van der Waals surface area contributed by atoms with E-state index in [0.717, 1.165) is 5.39 Å². The third kappa shape index (κ3) is 4.06. The van der Waals surface area contributed by atoms with Gasteiger partial charge in [0.2, 0.25) is 0 Å². The van der Waals surface area contributed by atoms with E-state index in [1.807, 2.05) is 12.1 Å². The van der Waals surface area contributed by atoms with Gasteiger partial charge in [-0.3, -0.25) is 9.78 Å². The molecule has 0 unspecified atom stereocenters. The van der Waals surface area contributed by atoms with E-state index in [9.17, 15) is 18.0 Å². The molecule has 0 aliphatic carbocycles. The summed E-state index contributed by atoms with van der Waals surface area (Å²) in [7, 11) is 0. The van der Waals surface area contributed by atoms with Crippen LogP contribution in [0.4, 0.5) is 13.2 Å². The van der Waals surface area contributed by atoms with Crippen molar-refractivity contribution in [3.8, 4) is 5.75 Å². The molecule has 0 atom stereocenters. The molecule has 1 N–H and O–H groups in total. The summed E-state index contributed by atoms with van der Waals surface area (Å²) < 4.78 is 41.3. The molecule has 7 heteroatoms. The van der Waals surface area contributed by atoms with Crippen molar-refractivity contribution in [3.05, 3.63) is 72.1 Å². The number of nitrogens with one attached hydrogen (secondary N) is 1. The Kier molecular flexibility index (Phi) is 4.56. The van der Waals surface area contributed by atoms with Crippen LogP contribution in [-0.4, -0.2) is 17.3 Å². The predicted octanol–water partition coefficient (Wildman–Crippen LogP) is 4.06. The van der Waals surface area contributed by atoms with E-state index in [1.54, 1.807) is 24.3 Å². The van der Waals surface area contributed by atoms with Gasteiger partial charge in [0, 0.05) is 23.7 Å².